The number of amides is 1. The normalized spacial score (nSPS) is 11.1. The van der Waals surface area contributed by atoms with Crippen LogP contribution in [0.25, 0.3) is 16.8 Å². The Balaban J connectivity index is 1.48. The van der Waals surface area contributed by atoms with E-state index in [4.69, 9.17) is 0 Å². The van der Waals surface area contributed by atoms with Crippen LogP contribution in [-0.2, 0) is 17.9 Å². The number of aromatic nitrogens is 8. The van der Waals surface area contributed by atoms with E-state index in [0.29, 0.717) is 12.4 Å². The Bertz CT molecular complexity index is 1030. The maximum atomic E-state index is 12.1. The van der Waals surface area contributed by atoms with Crippen molar-refractivity contribution in [1.29, 1.82) is 0 Å². The van der Waals surface area contributed by atoms with Gasteiger partial charge in [0.05, 0.1) is 18.6 Å². The van der Waals surface area contributed by atoms with Crippen LogP contribution in [0.2, 0.25) is 0 Å². The van der Waals surface area contributed by atoms with Crippen molar-refractivity contribution in [2.45, 2.75) is 20.0 Å². The molecule has 0 fully saturated rings. The highest BCUT2D eigenvalue weighted by atomic mass is 16.2. The Hall–Kier alpha value is -3.56. The van der Waals surface area contributed by atoms with E-state index < -0.39 is 0 Å². The summed E-state index contributed by atoms with van der Waals surface area (Å²) in [5.74, 6) is 0.196. The predicted molar refractivity (Wildman–Crippen MR) is 88.5 cm³/mol. The van der Waals surface area contributed by atoms with Crippen molar-refractivity contribution in [3.05, 3.63) is 43.2 Å². The highest BCUT2D eigenvalue weighted by molar-refractivity contribution is 5.89. The van der Waals surface area contributed by atoms with Gasteiger partial charge in [0.2, 0.25) is 5.91 Å². The SMILES string of the molecule is CCn1cc(NC(=O)Cn2cc(-c3cnn4cccnc34)cn2)nn1. The van der Waals surface area contributed by atoms with Gasteiger partial charge in [-0.1, -0.05) is 5.21 Å². The Morgan fingerprint density at radius 3 is 2.96 bits per heavy atom. The zero-order chi connectivity index (χ0) is 17.2. The van der Waals surface area contributed by atoms with E-state index in [0.717, 1.165) is 16.8 Å². The largest absolute Gasteiger partial charge is 0.306 e. The number of hydrogen-bond donors (Lipinski definition) is 1. The first kappa shape index (κ1) is 15.0. The van der Waals surface area contributed by atoms with Gasteiger partial charge in [0.25, 0.3) is 0 Å². The lowest BCUT2D eigenvalue weighted by atomic mass is 10.2. The molecule has 1 N–H and O–H groups in total. The number of aryl methyl sites for hydroxylation is 1. The zero-order valence-electron chi connectivity index (χ0n) is 13.4. The van der Waals surface area contributed by atoms with Gasteiger partial charge < -0.3 is 5.32 Å². The summed E-state index contributed by atoms with van der Waals surface area (Å²) in [5.41, 5.74) is 2.44. The quantitative estimate of drug-likeness (QED) is 0.578. The molecular weight excluding hydrogens is 322 g/mol. The molecule has 0 saturated heterocycles. The van der Waals surface area contributed by atoms with E-state index in [1.54, 1.807) is 44.9 Å². The first-order valence-corrected chi connectivity index (χ1v) is 7.74. The van der Waals surface area contributed by atoms with Crippen molar-refractivity contribution < 1.29 is 4.79 Å². The number of carbonyl (C=O) groups excluding carboxylic acids is 1. The minimum absolute atomic E-state index is 0.0750. The Labute approximate surface area is 142 Å². The van der Waals surface area contributed by atoms with Gasteiger partial charge in [-0.05, 0) is 13.0 Å². The molecule has 0 saturated carbocycles. The first-order valence-electron chi connectivity index (χ1n) is 7.74. The van der Waals surface area contributed by atoms with Gasteiger partial charge in [0, 0.05) is 36.3 Å². The number of hydrogen-bond acceptors (Lipinski definition) is 6. The third kappa shape index (κ3) is 2.96. The number of carbonyl (C=O) groups is 1. The maximum Gasteiger partial charge on any atom is 0.247 e. The third-order valence-electron chi connectivity index (χ3n) is 3.66. The highest BCUT2D eigenvalue weighted by Crippen LogP contribution is 2.22. The van der Waals surface area contributed by atoms with Gasteiger partial charge in [-0.3, -0.25) is 14.2 Å². The smallest absolute Gasteiger partial charge is 0.247 e. The van der Waals surface area contributed by atoms with Crippen LogP contribution in [0.4, 0.5) is 5.82 Å². The standard InChI is InChI=1S/C15H15N9O/c1-2-22-9-13(20-21-22)19-14(25)10-23-8-11(6-17-23)12-7-18-24-5-3-4-16-15(12)24/h3-9H,2,10H2,1H3,(H,19,25). The molecule has 0 unspecified atom stereocenters. The molecule has 0 spiro atoms. The van der Waals surface area contributed by atoms with E-state index in [2.05, 4.69) is 30.8 Å². The molecule has 0 aliphatic heterocycles. The lowest BCUT2D eigenvalue weighted by Crippen LogP contribution is -2.19. The summed E-state index contributed by atoms with van der Waals surface area (Å²) in [4.78, 5) is 16.4. The molecule has 0 bridgehead atoms. The van der Waals surface area contributed by atoms with E-state index in [9.17, 15) is 4.79 Å². The minimum atomic E-state index is -0.226. The molecule has 1 amide bonds. The van der Waals surface area contributed by atoms with Crippen LogP contribution in [0.15, 0.2) is 43.2 Å². The molecular formula is C15H15N9O. The zero-order valence-corrected chi connectivity index (χ0v) is 13.4. The summed E-state index contributed by atoms with van der Waals surface area (Å²) < 4.78 is 4.89. The van der Waals surface area contributed by atoms with E-state index in [-0.39, 0.29) is 12.5 Å². The van der Waals surface area contributed by atoms with E-state index in [1.165, 1.54) is 0 Å². The second kappa shape index (κ2) is 6.15. The fourth-order valence-electron chi connectivity index (χ4n) is 2.46. The fraction of sp³-hybridized carbons (Fsp3) is 0.200. The van der Waals surface area contributed by atoms with Crippen LogP contribution in [0.3, 0.4) is 0 Å². The molecule has 25 heavy (non-hydrogen) atoms. The van der Waals surface area contributed by atoms with Gasteiger partial charge in [-0.15, -0.1) is 5.10 Å². The number of rotatable bonds is 5. The van der Waals surface area contributed by atoms with Crippen LogP contribution in [0.1, 0.15) is 6.92 Å². The Morgan fingerprint density at radius 2 is 2.12 bits per heavy atom. The van der Waals surface area contributed by atoms with Crippen molar-refractivity contribution in [1.82, 2.24) is 39.4 Å². The highest BCUT2D eigenvalue weighted by Gasteiger charge is 2.12. The second-order valence-electron chi connectivity index (χ2n) is 5.38. The average molecular weight is 337 g/mol. The fourth-order valence-corrected chi connectivity index (χ4v) is 2.46. The molecule has 0 aliphatic carbocycles. The number of fused-ring (bicyclic) bond motifs is 1. The Kier molecular flexibility index (Phi) is 3.69. The number of anilines is 1. The molecule has 0 radical (unpaired) electrons. The summed E-state index contributed by atoms with van der Waals surface area (Å²) in [6.07, 6.45) is 10.4. The van der Waals surface area contributed by atoms with E-state index >= 15 is 0 Å². The minimum Gasteiger partial charge on any atom is -0.306 e. The summed E-state index contributed by atoms with van der Waals surface area (Å²) in [7, 11) is 0. The van der Waals surface area contributed by atoms with Crippen molar-refractivity contribution in [2.75, 3.05) is 5.32 Å². The molecule has 0 atom stereocenters. The molecule has 10 nitrogen and oxygen atoms in total. The monoisotopic (exact) mass is 337 g/mol. The van der Waals surface area contributed by atoms with Crippen LogP contribution in [0.5, 0.6) is 0 Å². The van der Waals surface area contributed by atoms with Crippen molar-refractivity contribution in [2.24, 2.45) is 0 Å². The van der Waals surface area contributed by atoms with Gasteiger partial charge in [0.1, 0.15) is 6.54 Å². The van der Waals surface area contributed by atoms with Crippen molar-refractivity contribution in [3.63, 3.8) is 0 Å². The molecule has 4 aromatic heterocycles. The first-order chi connectivity index (χ1) is 12.2. The van der Waals surface area contributed by atoms with Gasteiger partial charge in [-0.2, -0.15) is 10.2 Å². The molecule has 4 heterocycles. The number of nitrogens with zero attached hydrogens (tertiary/aromatic N) is 8. The lowest BCUT2D eigenvalue weighted by Gasteiger charge is -2.01. The molecule has 0 aromatic carbocycles. The molecule has 10 heteroatoms. The summed E-state index contributed by atoms with van der Waals surface area (Å²) in [6.45, 7) is 2.71. The Morgan fingerprint density at radius 1 is 1.20 bits per heavy atom. The van der Waals surface area contributed by atoms with Gasteiger partial charge in [-0.25, -0.2) is 9.50 Å². The van der Waals surface area contributed by atoms with Crippen LogP contribution >= 0.6 is 0 Å². The molecule has 126 valence electrons. The molecule has 0 aliphatic rings. The lowest BCUT2D eigenvalue weighted by molar-refractivity contribution is -0.116. The molecule has 4 rings (SSSR count). The number of nitrogens with one attached hydrogen (secondary N) is 1. The van der Waals surface area contributed by atoms with Crippen LogP contribution < -0.4 is 5.32 Å². The second-order valence-corrected chi connectivity index (χ2v) is 5.38. The van der Waals surface area contributed by atoms with Crippen LogP contribution in [-0.4, -0.2) is 45.3 Å². The maximum absolute atomic E-state index is 12.1. The molecule has 4 aromatic rings. The summed E-state index contributed by atoms with van der Waals surface area (Å²) >= 11 is 0. The predicted octanol–water partition coefficient (Wildman–Crippen LogP) is 0.843. The van der Waals surface area contributed by atoms with Crippen molar-refractivity contribution >= 4 is 17.4 Å². The topological polar surface area (TPSA) is 108 Å². The van der Waals surface area contributed by atoms with E-state index in [1.807, 2.05) is 19.2 Å². The summed E-state index contributed by atoms with van der Waals surface area (Å²) in [6, 6.07) is 1.81. The van der Waals surface area contributed by atoms with Crippen molar-refractivity contribution in [3.8, 4) is 11.1 Å². The van der Waals surface area contributed by atoms with Gasteiger partial charge >= 0.3 is 0 Å². The van der Waals surface area contributed by atoms with Gasteiger partial charge in [0.15, 0.2) is 11.5 Å². The third-order valence-corrected chi connectivity index (χ3v) is 3.66. The van der Waals surface area contributed by atoms with Crippen LogP contribution in [0, 0.1) is 0 Å². The summed E-state index contributed by atoms with van der Waals surface area (Å²) in [5, 5.41) is 18.9. The average Bonchev–Trinajstić information content (AvgIpc) is 3.33.